The lowest BCUT2D eigenvalue weighted by molar-refractivity contribution is 0.352. The van der Waals surface area contributed by atoms with E-state index < -0.39 is 0 Å². The number of rotatable bonds is 4. The Kier molecular flexibility index (Phi) is 5.32. The van der Waals surface area contributed by atoms with Gasteiger partial charge in [-0.1, -0.05) is 37.1 Å². The fraction of sp³-hybridized carbons (Fsp3) is 0.684. The van der Waals surface area contributed by atoms with E-state index in [0.29, 0.717) is 18.1 Å². The van der Waals surface area contributed by atoms with Gasteiger partial charge in [-0.05, 0) is 63.1 Å². The molecule has 2 heteroatoms. The molecule has 0 saturated carbocycles. The maximum atomic E-state index is 3.90. The molecular formula is C19H30N2. The molecule has 21 heavy (non-hydrogen) atoms. The summed E-state index contributed by atoms with van der Waals surface area (Å²) in [5.41, 5.74) is 3.10. The molecule has 1 aliphatic carbocycles. The third-order valence-electron chi connectivity index (χ3n) is 5.16. The first-order chi connectivity index (χ1) is 10.3. The van der Waals surface area contributed by atoms with Crippen LogP contribution in [0.4, 0.5) is 0 Å². The Balaban J connectivity index is 1.56. The number of fused-ring (bicyclic) bond motifs is 1. The quantitative estimate of drug-likeness (QED) is 0.875. The maximum absolute atomic E-state index is 3.90. The van der Waals surface area contributed by atoms with E-state index in [1.54, 1.807) is 11.1 Å². The van der Waals surface area contributed by atoms with Gasteiger partial charge >= 0.3 is 0 Å². The van der Waals surface area contributed by atoms with E-state index >= 15 is 0 Å². The summed E-state index contributed by atoms with van der Waals surface area (Å²) in [6.45, 7) is 3.58. The normalized spacial score (nSPS) is 27.7. The molecule has 0 radical (unpaired) electrons. The third kappa shape index (κ3) is 4.08. The lowest BCUT2D eigenvalue weighted by atomic mass is 9.87. The predicted molar refractivity (Wildman–Crippen MR) is 89.6 cm³/mol. The fourth-order valence-corrected chi connectivity index (χ4v) is 4.07. The molecule has 0 amide bonds. The molecule has 1 saturated heterocycles. The van der Waals surface area contributed by atoms with Crippen molar-refractivity contribution in [1.29, 1.82) is 0 Å². The fourth-order valence-electron chi connectivity index (χ4n) is 4.07. The van der Waals surface area contributed by atoms with Crippen LogP contribution in [0.1, 0.15) is 69.0 Å². The third-order valence-corrected chi connectivity index (χ3v) is 5.16. The zero-order valence-corrected chi connectivity index (χ0v) is 13.4. The summed E-state index contributed by atoms with van der Waals surface area (Å²) < 4.78 is 0. The molecule has 0 spiro atoms. The van der Waals surface area contributed by atoms with Crippen molar-refractivity contribution in [1.82, 2.24) is 10.6 Å². The second kappa shape index (κ2) is 7.42. The van der Waals surface area contributed by atoms with E-state index in [4.69, 9.17) is 0 Å². The number of hydrogen-bond acceptors (Lipinski definition) is 2. The SMILES string of the molecule is CC(CC1CCCCCN1)NC1CCCc2ccccc21. The van der Waals surface area contributed by atoms with Crippen molar-refractivity contribution >= 4 is 0 Å². The Morgan fingerprint density at radius 2 is 2.05 bits per heavy atom. The van der Waals surface area contributed by atoms with E-state index in [-0.39, 0.29) is 0 Å². The molecule has 1 aromatic rings. The van der Waals surface area contributed by atoms with Gasteiger partial charge in [0.1, 0.15) is 0 Å². The smallest absolute Gasteiger partial charge is 0.0325 e. The highest BCUT2D eigenvalue weighted by Gasteiger charge is 2.22. The van der Waals surface area contributed by atoms with Gasteiger partial charge in [0.25, 0.3) is 0 Å². The molecule has 2 nitrogen and oxygen atoms in total. The Hall–Kier alpha value is -0.860. The van der Waals surface area contributed by atoms with Crippen LogP contribution < -0.4 is 10.6 Å². The molecule has 116 valence electrons. The summed E-state index contributed by atoms with van der Waals surface area (Å²) in [7, 11) is 0. The van der Waals surface area contributed by atoms with E-state index in [1.807, 2.05) is 0 Å². The van der Waals surface area contributed by atoms with Crippen molar-refractivity contribution in [3.05, 3.63) is 35.4 Å². The predicted octanol–water partition coefficient (Wildman–Crippen LogP) is 3.96. The van der Waals surface area contributed by atoms with Crippen molar-refractivity contribution in [3.63, 3.8) is 0 Å². The van der Waals surface area contributed by atoms with Crippen molar-refractivity contribution in [2.45, 2.75) is 76.4 Å². The number of aryl methyl sites for hydroxylation is 1. The molecule has 1 aromatic carbocycles. The molecular weight excluding hydrogens is 256 g/mol. The van der Waals surface area contributed by atoms with Crippen LogP contribution >= 0.6 is 0 Å². The van der Waals surface area contributed by atoms with Crippen molar-refractivity contribution in [2.75, 3.05) is 6.54 Å². The van der Waals surface area contributed by atoms with Crippen LogP contribution in [0.15, 0.2) is 24.3 Å². The Morgan fingerprint density at radius 1 is 1.14 bits per heavy atom. The van der Waals surface area contributed by atoms with Crippen molar-refractivity contribution in [3.8, 4) is 0 Å². The summed E-state index contributed by atoms with van der Waals surface area (Å²) in [5, 5.41) is 7.63. The van der Waals surface area contributed by atoms with Crippen LogP contribution in [0.2, 0.25) is 0 Å². The van der Waals surface area contributed by atoms with Gasteiger partial charge in [-0.15, -0.1) is 0 Å². The topological polar surface area (TPSA) is 24.1 Å². The van der Waals surface area contributed by atoms with Crippen LogP contribution in [-0.4, -0.2) is 18.6 Å². The highest BCUT2D eigenvalue weighted by atomic mass is 15.0. The van der Waals surface area contributed by atoms with Crippen LogP contribution in [-0.2, 0) is 6.42 Å². The van der Waals surface area contributed by atoms with Gasteiger partial charge in [0, 0.05) is 18.1 Å². The summed E-state index contributed by atoms with van der Waals surface area (Å²) in [4.78, 5) is 0. The van der Waals surface area contributed by atoms with Crippen LogP contribution in [0, 0.1) is 0 Å². The van der Waals surface area contributed by atoms with E-state index in [1.165, 1.54) is 57.9 Å². The van der Waals surface area contributed by atoms with E-state index in [0.717, 1.165) is 0 Å². The first-order valence-corrected chi connectivity index (χ1v) is 8.90. The minimum absolute atomic E-state index is 0.565. The second-order valence-electron chi connectivity index (χ2n) is 6.95. The molecule has 1 heterocycles. The van der Waals surface area contributed by atoms with Crippen molar-refractivity contribution < 1.29 is 0 Å². The monoisotopic (exact) mass is 286 g/mol. The zero-order valence-electron chi connectivity index (χ0n) is 13.4. The first kappa shape index (κ1) is 15.1. The average molecular weight is 286 g/mol. The van der Waals surface area contributed by atoms with Crippen LogP contribution in [0.25, 0.3) is 0 Å². The number of hydrogen-bond donors (Lipinski definition) is 2. The van der Waals surface area contributed by atoms with Gasteiger partial charge in [0.05, 0.1) is 0 Å². The van der Waals surface area contributed by atoms with Gasteiger partial charge in [0.2, 0.25) is 0 Å². The molecule has 0 bridgehead atoms. The molecule has 2 aliphatic rings. The second-order valence-corrected chi connectivity index (χ2v) is 6.95. The van der Waals surface area contributed by atoms with Gasteiger partial charge in [0.15, 0.2) is 0 Å². The number of nitrogens with one attached hydrogen (secondary N) is 2. The minimum Gasteiger partial charge on any atom is -0.314 e. The summed E-state index contributed by atoms with van der Waals surface area (Å²) in [6.07, 6.45) is 10.6. The molecule has 0 aromatic heterocycles. The summed E-state index contributed by atoms with van der Waals surface area (Å²) >= 11 is 0. The van der Waals surface area contributed by atoms with Gasteiger partial charge in [-0.3, -0.25) is 0 Å². The summed E-state index contributed by atoms with van der Waals surface area (Å²) in [5.74, 6) is 0. The van der Waals surface area contributed by atoms with Crippen molar-refractivity contribution in [2.24, 2.45) is 0 Å². The van der Waals surface area contributed by atoms with E-state index in [9.17, 15) is 0 Å². The molecule has 3 unspecified atom stereocenters. The first-order valence-electron chi connectivity index (χ1n) is 8.90. The Morgan fingerprint density at radius 3 is 3.00 bits per heavy atom. The molecule has 2 N–H and O–H groups in total. The largest absolute Gasteiger partial charge is 0.314 e. The Labute approximate surface area is 129 Å². The lowest BCUT2D eigenvalue weighted by Gasteiger charge is -2.30. The highest BCUT2D eigenvalue weighted by molar-refractivity contribution is 5.32. The van der Waals surface area contributed by atoms with Gasteiger partial charge < -0.3 is 10.6 Å². The average Bonchev–Trinajstić information content (AvgIpc) is 2.76. The zero-order chi connectivity index (χ0) is 14.5. The maximum Gasteiger partial charge on any atom is 0.0325 e. The van der Waals surface area contributed by atoms with Crippen LogP contribution in [0.3, 0.4) is 0 Å². The lowest BCUT2D eigenvalue weighted by Crippen LogP contribution is -2.39. The highest BCUT2D eigenvalue weighted by Crippen LogP contribution is 2.30. The van der Waals surface area contributed by atoms with Crippen LogP contribution in [0.5, 0.6) is 0 Å². The molecule has 1 fully saturated rings. The molecule has 1 aliphatic heterocycles. The van der Waals surface area contributed by atoms with E-state index in [2.05, 4.69) is 41.8 Å². The standard InChI is InChI=1S/C19H30N2/c1-15(14-17-10-3-2-6-13-20-17)21-19-12-7-9-16-8-4-5-11-18(16)19/h4-5,8,11,15,17,19-21H,2-3,6-7,9-10,12-14H2,1H3. The number of benzene rings is 1. The molecule has 3 rings (SSSR count). The summed E-state index contributed by atoms with van der Waals surface area (Å²) in [6, 6.07) is 10.9. The molecule has 3 atom stereocenters. The van der Waals surface area contributed by atoms with Gasteiger partial charge in [-0.2, -0.15) is 0 Å². The van der Waals surface area contributed by atoms with Gasteiger partial charge in [-0.25, -0.2) is 0 Å². The Bertz CT molecular complexity index is 435. The minimum atomic E-state index is 0.565.